The van der Waals surface area contributed by atoms with Gasteiger partial charge in [-0.2, -0.15) is 0 Å². The van der Waals surface area contributed by atoms with Gasteiger partial charge in [-0.3, -0.25) is 4.79 Å². The molecule has 2 rings (SSSR count). The van der Waals surface area contributed by atoms with Crippen molar-refractivity contribution in [1.29, 1.82) is 0 Å². The molecule has 1 fully saturated rings. The highest BCUT2D eigenvalue weighted by Gasteiger charge is 2.20. The van der Waals surface area contributed by atoms with Gasteiger partial charge in [0.2, 0.25) is 0 Å². The number of rotatable bonds is 4. The summed E-state index contributed by atoms with van der Waals surface area (Å²) in [4.78, 5) is 15.8. The molecule has 0 spiro atoms. The van der Waals surface area contributed by atoms with E-state index >= 15 is 0 Å². The molecule has 0 saturated heterocycles. The summed E-state index contributed by atoms with van der Waals surface area (Å²) in [5.41, 5.74) is 1.18. The molecule has 88 valence electrons. The molecule has 0 atom stereocenters. The Labute approximate surface area is 99.8 Å². The normalized spacial score (nSPS) is 16.6. The van der Waals surface area contributed by atoms with E-state index in [1.807, 2.05) is 6.92 Å². The second-order valence-corrected chi connectivity index (χ2v) is 5.07. The molecule has 4 heteroatoms. The Morgan fingerprint density at radius 3 is 3.00 bits per heavy atom. The van der Waals surface area contributed by atoms with Crippen molar-refractivity contribution in [3.63, 3.8) is 0 Å². The number of carbonyl (C=O) groups excluding carboxylic acids is 1. The van der Waals surface area contributed by atoms with Crippen molar-refractivity contribution in [1.82, 2.24) is 4.98 Å². The van der Waals surface area contributed by atoms with Gasteiger partial charge in [-0.15, -0.1) is 11.3 Å². The maximum atomic E-state index is 11.3. The summed E-state index contributed by atoms with van der Waals surface area (Å²) < 4.78 is 4.91. The van der Waals surface area contributed by atoms with Crippen LogP contribution in [-0.4, -0.2) is 17.6 Å². The van der Waals surface area contributed by atoms with Crippen molar-refractivity contribution in [3.8, 4) is 0 Å². The van der Waals surface area contributed by atoms with Crippen LogP contribution in [0.4, 0.5) is 0 Å². The zero-order valence-corrected chi connectivity index (χ0v) is 10.4. The Kier molecular flexibility index (Phi) is 3.93. The van der Waals surface area contributed by atoms with E-state index in [0.29, 0.717) is 18.9 Å². The fourth-order valence-electron chi connectivity index (χ4n) is 2.15. The summed E-state index contributed by atoms with van der Waals surface area (Å²) in [5.74, 6) is 0.460. The standard InChI is InChI=1S/C12H17NO2S/c1-2-15-12(14)7-11-13-10(8-16-11)9-5-3-4-6-9/h8-9H,2-7H2,1H3. The van der Waals surface area contributed by atoms with Gasteiger partial charge in [0.1, 0.15) is 5.01 Å². The van der Waals surface area contributed by atoms with E-state index in [0.717, 1.165) is 5.01 Å². The van der Waals surface area contributed by atoms with E-state index in [1.54, 1.807) is 11.3 Å². The summed E-state index contributed by atoms with van der Waals surface area (Å²) in [6.45, 7) is 2.27. The molecule has 0 aliphatic heterocycles. The van der Waals surface area contributed by atoms with Crippen molar-refractivity contribution in [2.45, 2.75) is 44.9 Å². The van der Waals surface area contributed by atoms with Gasteiger partial charge in [0.15, 0.2) is 0 Å². The molecule has 1 aromatic rings. The SMILES string of the molecule is CCOC(=O)Cc1nc(C2CCCC2)cs1. The Morgan fingerprint density at radius 2 is 2.31 bits per heavy atom. The molecular formula is C12H17NO2S. The average Bonchev–Trinajstić information content (AvgIpc) is 2.86. The molecule has 0 radical (unpaired) electrons. The Bertz CT molecular complexity index is 356. The minimum atomic E-state index is -0.171. The number of hydrogen-bond donors (Lipinski definition) is 0. The molecule has 0 amide bonds. The second-order valence-electron chi connectivity index (χ2n) is 4.13. The smallest absolute Gasteiger partial charge is 0.312 e. The van der Waals surface area contributed by atoms with E-state index in [-0.39, 0.29) is 5.97 Å². The predicted molar refractivity (Wildman–Crippen MR) is 63.7 cm³/mol. The number of thiazole rings is 1. The number of aromatic nitrogens is 1. The van der Waals surface area contributed by atoms with Crippen LogP contribution in [0.25, 0.3) is 0 Å². The van der Waals surface area contributed by atoms with Gasteiger partial charge in [0.05, 0.1) is 18.7 Å². The van der Waals surface area contributed by atoms with Crippen LogP contribution in [0.3, 0.4) is 0 Å². The Morgan fingerprint density at radius 1 is 1.56 bits per heavy atom. The van der Waals surface area contributed by atoms with Crippen LogP contribution < -0.4 is 0 Å². The molecule has 1 aliphatic carbocycles. The lowest BCUT2D eigenvalue weighted by Crippen LogP contribution is -2.07. The number of hydrogen-bond acceptors (Lipinski definition) is 4. The largest absolute Gasteiger partial charge is 0.466 e. The third kappa shape index (κ3) is 2.82. The van der Waals surface area contributed by atoms with E-state index in [1.165, 1.54) is 31.4 Å². The molecule has 3 nitrogen and oxygen atoms in total. The molecule has 0 unspecified atom stereocenters. The summed E-state index contributed by atoms with van der Waals surface area (Å²) in [7, 11) is 0. The minimum Gasteiger partial charge on any atom is -0.466 e. The first kappa shape index (κ1) is 11.6. The van der Waals surface area contributed by atoms with Gasteiger partial charge >= 0.3 is 5.97 Å². The summed E-state index contributed by atoms with van der Waals surface area (Å²) in [6, 6.07) is 0. The van der Waals surface area contributed by atoms with Gasteiger partial charge < -0.3 is 4.74 Å². The number of ether oxygens (including phenoxy) is 1. The molecule has 0 N–H and O–H groups in total. The highest BCUT2D eigenvalue weighted by molar-refractivity contribution is 7.09. The van der Waals surface area contributed by atoms with Crippen molar-refractivity contribution in [2.24, 2.45) is 0 Å². The monoisotopic (exact) mass is 239 g/mol. The van der Waals surface area contributed by atoms with Gasteiger partial charge in [0.25, 0.3) is 0 Å². The maximum Gasteiger partial charge on any atom is 0.312 e. The van der Waals surface area contributed by atoms with E-state index in [9.17, 15) is 4.79 Å². The lowest BCUT2D eigenvalue weighted by molar-refractivity contribution is -0.142. The zero-order valence-electron chi connectivity index (χ0n) is 9.57. The lowest BCUT2D eigenvalue weighted by atomic mass is 10.1. The maximum absolute atomic E-state index is 11.3. The number of esters is 1. The van der Waals surface area contributed by atoms with E-state index < -0.39 is 0 Å². The van der Waals surface area contributed by atoms with Gasteiger partial charge in [-0.05, 0) is 19.8 Å². The lowest BCUT2D eigenvalue weighted by Gasteiger charge is -2.03. The number of nitrogens with zero attached hydrogens (tertiary/aromatic N) is 1. The molecule has 1 saturated carbocycles. The number of carbonyl (C=O) groups is 1. The highest BCUT2D eigenvalue weighted by Crippen LogP contribution is 2.34. The average molecular weight is 239 g/mol. The van der Waals surface area contributed by atoms with Crippen LogP contribution in [0.15, 0.2) is 5.38 Å². The first-order valence-corrected chi connectivity index (χ1v) is 6.77. The summed E-state index contributed by atoms with van der Waals surface area (Å²) >= 11 is 1.58. The van der Waals surface area contributed by atoms with Crippen LogP contribution >= 0.6 is 11.3 Å². The predicted octanol–water partition coefficient (Wildman–Crippen LogP) is 2.91. The fourth-order valence-corrected chi connectivity index (χ4v) is 3.01. The summed E-state index contributed by atoms with van der Waals surface area (Å²) in [5, 5.41) is 2.99. The third-order valence-corrected chi connectivity index (χ3v) is 3.81. The quantitative estimate of drug-likeness (QED) is 0.758. The Balaban J connectivity index is 1.93. The highest BCUT2D eigenvalue weighted by atomic mass is 32.1. The van der Waals surface area contributed by atoms with Crippen molar-refractivity contribution in [3.05, 3.63) is 16.1 Å². The van der Waals surface area contributed by atoms with Crippen molar-refractivity contribution in [2.75, 3.05) is 6.61 Å². The molecule has 1 aliphatic rings. The van der Waals surface area contributed by atoms with Crippen LogP contribution in [-0.2, 0) is 16.0 Å². The van der Waals surface area contributed by atoms with Crippen LogP contribution in [0, 0.1) is 0 Å². The molecular weight excluding hydrogens is 222 g/mol. The Hall–Kier alpha value is -0.900. The van der Waals surface area contributed by atoms with Gasteiger partial charge in [-0.25, -0.2) is 4.98 Å². The molecule has 1 aromatic heterocycles. The first-order valence-electron chi connectivity index (χ1n) is 5.89. The second kappa shape index (κ2) is 5.43. The molecule has 0 bridgehead atoms. The van der Waals surface area contributed by atoms with Crippen LogP contribution in [0.5, 0.6) is 0 Å². The third-order valence-electron chi connectivity index (χ3n) is 2.94. The molecule has 1 heterocycles. The minimum absolute atomic E-state index is 0.171. The zero-order chi connectivity index (χ0) is 11.4. The fraction of sp³-hybridized carbons (Fsp3) is 0.667. The van der Waals surface area contributed by atoms with Crippen molar-refractivity contribution < 1.29 is 9.53 Å². The first-order chi connectivity index (χ1) is 7.79. The van der Waals surface area contributed by atoms with Gasteiger partial charge in [-0.1, -0.05) is 12.8 Å². The topological polar surface area (TPSA) is 39.2 Å². The molecule has 16 heavy (non-hydrogen) atoms. The summed E-state index contributed by atoms with van der Waals surface area (Å²) in [6.07, 6.45) is 5.46. The molecule has 0 aromatic carbocycles. The van der Waals surface area contributed by atoms with E-state index in [4.69, 9.17) is 4.74 Å². The van der Waals surface area contributed by atoms with Crippen LogP contribution in [0.2, 0.25) is 0 Å². The van der Waals surface area contributed by atoms with Crippen molar-refractivity contribution >= 4 is 17.3 Å². The van der Waals surface area contributed by atoms with E-state index in [2.05, 4.69) is 10.4 Å². The van der Waals surface area contributed by atoms with Crippen LogP contribution in [0.1, 0.15) is 49.2 Å². The van der Waals surface area contributed by atoms with Gasteiger partial charge in [0, 0.05) is 11.3 Å².